The molecule has 1 fully saturated rings. The van der Waals surface area contributed by atoms with Crippen molar-refractivity contribution in [1.29, 1.82) is 0 Å². The molecule has 3 nitrogen and oxygen atoms in total. The maximum Gasteiger partial charge on any atom is 0.0404 e. The van der Waals surface area contributed by atoms with Crippen molar-refractivity contribution >= 4 is 5.69 Å². The molecule has 2 aliphatic heterocycles. The highest BCUT2D eigenvalue weighted by molar-refractivity contribution is 5.60. The van der Waals surface area contributed by atoms with Crippen LogP contribution >= 0.6 is 0 Å². The molecule has 0 saturated carbocycles. The van der Waals surface area contributed by atoms with Crippen LogP contribution in [0, 0.1) is 0 Å². The lowest BCUT2D eigenvalue weighted by Gasteiger charge is -2.38. The fourth-order valence-corrected chi connectivity index (χ4v) is 4.59. The van der Waals surface area contributed by atoms with Crippen LogP contribution in [0.25, 0.3) is 0 Å². The first-order valence-electron chi connectivity index (χ1n) is 10.1. The van der Waals surface area contributed by atoms with Crippen LogP contribution < -0.4 is 10.6 Å². The van der Waals surface area contributed by atoms with Gasteiger partial charge in [0, 0.05) is 50.4 Å². The third-order valence-corrected chi connectivity index (χ3v) is 6.22. The topological polar surface area (TPSA) is 32.5 Å². The smallest absolute Gasteiger partial charge is 0.0404 e. The van der Waals surface area contributed by atoms with Crippen molar-refractivity contribution in [2.75, 3.05) is 31.1 Å². The van der Waals surface area contributed by atoms with Crippen molar-refractivity contribution in [3.63, 3.8) is 0 Å². The molecule has 2 aliphatic rings. The van der Waals surface area contributed by atoms with E-state index in [0.717, 1.165) is 6.42 Å². The second-order valence-corrected chi connectivity index (χ2v) is 7.96. The van der Waals surface area contributed by atoms with E-state index >= 15 is 0 Å². The Balaban J connectivity index is 1.29. The molecule has 0 amide bonds. The zero-order valence-electron chi connectivity index (χ0n) is 15.9. The zero-order valence-corrected chi connectivity index (χ0v) is 15.9. The molecule has 0 aromatic heterocycles. The van der Waals surface area contributed by atoms with E-state index in [-0.39, 0.29) is 0 Å². The van der Waals surface area contributed by atoms with Gasteiger partial charge in [-0.3, -0.25) is 0 Å². The molecule has 2 N–H and O–H groups in total. The van der Waals surface area contributed by atoms with Crippen LogP contribution in [0.4, 0.5) is 5.69 Å². The number of anilines is 1. The van der Waals surface area contributed by atoms with E-state index < -0.39 is 0 Å². The normalized spacial score (nSPS) is 21.2. The van der Waals surface area contributed by atoms with Crippen molar-refractivity contribution in [3.05, 3.63) is 65.2 Å². The number of nitrogens with zero attached hydrogens (tertiary/aromatic N) is 2. The lowest BCUT2D eigenvalue weighted by atomic mass is 10.0. The molecular weight excluding hydrogens is 318 g/mol. The summed E-state index contributed by atoms with van der Waals surface area (Å²) < 4.78 is 0. The molecule has 1 atom stereocenters. The molecule has 4 rings (SSSR count). The Hall–Kier alpha value is -1.84. The van der Waals surface area contributed by atoms with E-state index in [1.165, 1.54) is 61.4 Å². The molecule has 3 heteroatoms. The molecule has 138 valence electrons. The minimum absolute atomic E-state index is 0.631. The Morgan fingerprint density at radius 3 is 2.38 bits per heavy atom. The molecule has 1 unspecified atom stereocenters. The predicted molar refractivity (Wildman–Crippen MR) is 110 cm³/mol. The first-order chi connectivity index (χ1) is 12.7. The second-order valence-electron chi connectivity index (χ2n) is 7.96. The summed E-state index contributed by atoms with van der Waals surface area (Å²) in [5.74, 6) is 0.667. The van der Waals surface area contributed by atoms with Crippen molar-refractivity contribution in [3.8, 4) is 0 Å². The summed E-state index contributed by atoms with van der Waals surface area (Å²) in [6.45, 7) is 7.80. The minimum atomic E-state index is 0.631. The van der Waals surface area contributed by atoms with Gasteiger partial charge in [0.25, 0.3) is 0 Å². The highest BCUT2D eigenvalue weighted by Gasteiger charge is 2.32. The zero-order chi connectivity index (χ0) is 17.9. The Labute approximate surface area is 157 Å². The summed E-state index contributed by atoms with van der Waals surface area (Å²) in [5.41, 5.74) is 11.3. The van der Waals surface area contributed by atoms with Crippen molar-refractivity contribution in [1.82, 2.24) is 4.90 Å². The van der Waals surface area contributed by atoms with E-state index in [1.807, 2.05) is 0 Å². The SMILES string of the molecule is CC1CN(C2CCN(CCc3ccc(CN)cc3)CC2)c2ccccc21. The molecule has 0 aliphatic carbocycles. The highest BCUT2D eigenvalue weighted by Crippen LogP contribution is 2.38. The molecule has 26 heavy (non-hydrogen) atoms. The lowest BCUT2D eigenvalue weighted by Crippen LogP contribution is -2.45. The average molecular weight is 350 g/mol. The van der Waals surface area contributed by atoms with Gasteiger partial charge in [-0.25, -0.2) is 0 Å². The number of likely N-dealkylation sites (tertiary alicyclic amines) is 1. The Bertz CT molecular complexity index is 716. The quantitative estimate of drug-likeness (QED) is 0.892. The molecule has 0 spiro atoms. The van der Waals surface area contributed by atoms with Crippen LogP contribution in [0.1, 0.15) is 42.4 Å². The van der Waals surface area contributed by atoms with Gasteiger partial charge in [0.15, 0.2) is 0 Å². The van der Waals surface area contributed by atoms with Crippen LogP contribution in [0.15, 0.2) is 48.5 Å². The summed E-state index contributed by atoms with van der Waals surface area (Å²) in [6, 6.07) is 18.5. The summed E-state index contributed by atoms with van der Waals surface area (Å²) in [7, 11) is 0. The van der Waals surface area contributed by atoms with E-state index in [0.29, 0.717) is 18.5 Å². The van der Waals surface area contributed by atoms with Crippen LogP contribution in [0.2, 0.25) is 0 Å². The monoisotopic (exact) mass is 349 g/mol. The third kappa shape index (κ3) is 3.65. The fourth-order valence-electron chi connectivity index (χ4n) is 4.59. The highest BCUT2D eigenvalue weighted by atomic mass is 15.2. The van der Waals surface area contributed by atoms with Crippen molar-refractivity contribution < 1.29 is 0 Å². The molecule has 1 saturated heterocycles. The van der Waals surface area contributed by atoms with Gasteiger partial charge < -0.3 is 15.5 Å². The van der Waals surface area contributed by atoms with E-state index in [9.17, 15) is 0 Å². The molecule has 2 aromatic rings. The van der Waals surface area contributed by atoms with Gasteiger partial charge in [0.1, 0.15) is 0 Å². The standard InChI is InChI=1S/C23H31N3/c1-18-17-26(23-5-3-2-4-22(18)23)21-11-14-25(15-12-21)13-10-19-6-8-20(16-24)9-7-19/h2-9,18,21H,10-17,24H2,1H3. The fraction of sp³-hybridized carbons (Fsp3) is 0.478. The van der Waals surface area contributed by atoms with E-state index in [1.54, 1.807) is 0 Å². The summed E-state index contributed by atoms with van der Waals surface area (Å²) in [6.07, 6.45) is 3.71. The van der Waals surface area contributed by atoms with Crippen molar-refractivity contribution in [2.24, 2.45) is 5.73 Å². The molecule has 0 bridgehead atoms. The maximum atomic E-state index is 5.68. The van der Waals surface area contributed by atoms with Gasteiger partial charge in [0.05, 0.1) is 0 Å². The third-order valence-electron chi connectivity index (χ3n) is 6.22. The average Bonchev–Trinajstić information content (AvgIpc) is 3.04. The van der Waals surface area contributed by atoms with Gasteiger partial charge in [0.2, 0.25) is 0 Å². The second kappa shape index (κ2) is 7.81. The van der Waals surface area contributed by atoms with Crippen LogP contribution in [-0.2, 0) is 13.0 Å². The number of para-hydroxylation sites is 1. The molecule has 2 heterocycles. The lowest BCUT2D eigenvalue weighted by molar-refractivity contribution is 0.211. The summed E-state index contributed by atoms with van der Waals surface area (Å²) in [4.78, 5) is 5.32. The number of fused-ring (bicyclic) bond motifs is 1. The first-order valence-corrected chi connectivity index (χ1v) is 10.1. The maximum absolute atomic E-state index is 5.68. The number of benzene rings is 2. The van der Waals surface area contributed by atoms with Gasteiger partial charge in [-0.05, 0) is 42.0 Å². The molecule has 0 radical (unpaired) electrons. The molecule has 2 aromatic carbocycles. The Morgan fingerprint density at radius 1 is 0.962 bits per heavy atom. The van der Waals surface area contributed by atoms with Crippen molar-refractivity contribution in [2.45, 2.75) is 44.7 Å². The minimum Gasteiger partial charge on any atom is -0.368 e. The summed E-state index contributed by atoms with van der Waals surface area (Å²) in [5, 5.41) is 0. The number of hydrogen-bond acceptors (Lipinski definition) is 3. The van der Waals surface area contributed by atoms with Gasteiger partial charge in [-0.1, -0.05) is 49.4 Å². The molecular formula is C23H31N3. The number of nitrogens with two attached hydrogens (primary N) is 1. The Kier molecular flexibility index (Phi) is 5.28. The summed E-state index contributed by atoms with van der Waals surface area (Å²) >= 11 is 0. The van der Waals surface area contributed by atoms with Gasteiger partial charge in [-0.2, -0.15) is 0 Å². The van der Waals surface area contributed by atoms with E-state index in [2.05, 4.69) is 65.3 Å². The number of hydrogen-bond donors (Lipinski definition) is 1. The largest absolute Gasteiger partial charge is 0.368 e. The predicted octanol–water partition coefficient (Wildman–Crippen LogP) is 3.78. The number of rotatable bonds is 5. The van der Waals surface area contributed by atoms with Crippen LogP contribution in [0.5, 0.6) is 0 Å². The van der Waals surface area contributed by atoms with Crippen LogP contribution in [0.3, 0.4) is 0 Å². The first kappa shape index (κ1) is 17.6. The van der Waals surface area contributed by atoms with Gasteiger partial charge >= 0.3 is 0 Å². The van der Waals surface area contributed by atoms with Gasteiger partial charge in [-0.15, -0.1) is 0 Å². The van der Waals surface area contributed by atoms with E-state index in [4.69, 9.17) is 5.73 Å². The van der Waals surface area contributed by atoms with Crippen LogP contribution in [-0.4, -0.2) is 37.1 Å². The number of piperidine rings is 1. The Morgan fingerprint density at radius 2 is 1.65 bits per heavy atom.